The van der Waals surface area contributed by atoms with Gasteiger partial charge < -0.3 is 15.1 Å². The van der Waals surface area contributed by atoms with E-state index < -0.39 is 5.82 Å². The number of likely N-dealkylation sites (N-methyl/N-ethyl adjacent to an activating group) is 1. The third-order valence-electron chi connectivity index (χ3n) is 6.59. The maximum atomic E-state index is 14.6. The molecule has 0 aromatic heterocycles. The molecule has 1 N–H and O–H groups in total. The highest BCUT2D eigenvalue weighted by Crippen LogP contribution is 2.28. The second kappa shape index (κ2) is 7.79. The van der Waals surface area contributed by atoms with Crippen molar-refractivity contribution in [2.75, 3.05) is 45.6 Å². The third kappa shape index (κ3) is 3.78. The van der Waals surface area contributed by atoms with Crippen LogP contribution in [0.4, 0.5) is 10.1 Å². The zero-order valence-corrected chi connectivity index (χ0v) is 16.7. The van der Waals surface area contributed by atoms with Gasteiger partial charge in [0.15, 0.2) is 0 Å². The van der Waals surface area contributed by atoms with E-state index in [1.807, 2.05) is 0 Å². The Morgan fingerprint density at radius 1 is 1.18 bits per heavy atom. The monoisotopic (exact) mass is 388 g/mol. The van der Waals surface area contributed by atoms with Crippen LogP contribution in [-0.4, -0.2) is 78.9 Å². The number of benzene rings is 1. The van der Waals surface area contributed by atoms with Gasteiger partial charge >= 0.3 is 0 Å². The van der Waals surface area contributed by atoms with Gasteiger partial charge in [-0.15, -0.1) is 0 Å². The second-order valence-electron chi connectivity index (χ2n) is 8.43. The number of hydrogen-bond donors (Lipinski definition) is 1. The molecule has 0 spiro atoms. The van der Waals surface area contributed by atoms with Crippen LogP contribution in [0.15, 0.2) is 12.1 Å². The maximum absolute atomic E-state index is 14.6. The third-order valence-corrected chi connectivity index (χ3v) is 6.59. The summed E-state index contributed by atoms with van der Waals surface area (Å²) in [4.78, 5) is 31.1. The average Bonchev–Trinajstić information content (AvgIpc) is 3.17. The Hall–Kier alpha value is -1.99. The molecule has 1 aromatic carbocycles. The van der Waals surface area contributed by atoms with Crippen molar-refractivity contribution < 1.29 is 14.0 Å². The molecule has 1 aromatic rings. The van der Waals surface area contributed by atoms with Gasteiger partial charge in [0, 0.05) is 44.3 Å². The van der Waals surface area contributed by atoms with E-state index in [2.05, 4.69) is 22.2 Å². The Balaban J connectivity index is 1.43. The van der Waals surface area contributed by atoms with E-state index in [4.69, 9.17) is 0 Å². The molecule has 6 nitrogen and oxygen atoms in total. The summed E-state index contributed by atoms with van der Waals surface area (Å²) in [6.07, 6.45) is 4.18. The Morgan fingerprint density at radius 3 is 2.68 bits per heavy atom. The number of aryl methyl sites for hydroxylation is 1. The number of anilines is 1. The van der Waals surface area contributed by atoms with Gasteiger partial charge in [-0.05, 0) is 63.5 Å². The number of rotatable bonds is 3. The van der Waals surface area contributed by atoms with Crippen LogP contribution in [0.5, 0.6) is 0 Å². The van der Waals surface area contributed by atoms with Gasteiger partial charge in [-0.25, -0.2) is 4.39 Å². The first-order chi connectivity index (χ1) is 13.4. The molecule has 0 saturated carbocycles. The molecule has 3 aliphatic heterocycles. The number of likely N-dealkylation sites (tertiary alicyclic amines) is 2. The molecule has 7 heteroatoms. The zero-order valence-electron chi connectivity index (χ0n) is 16.7. The van der Waals surface area contributed by atoms with Crippen LogP contribution in [0.2, 0.25) is 0 Å². The van der Waals surface area contributed by atoms with Crippen molar-refractivity contribution in [3.05, 3.63) is 29.1 Å². The highest BCUT2D eigenvalue weighted by molar-refractivity contribution is 5.98. The van der Waals surface area contributed by atoms with Crippen molar-refractivity contribution in [3.8, 4) is 0 Å². The van der Waals surface area contributed by atoms with Crippen molar-refractivity contribution in [2.45, 2.75) is 44.2 Å². The van der Waals surface area contributed by atoms with Gasteiger partial charge in [-0.2, -0.15) is 0 Å². The van der Waals surface area contributed by atoms with Crippen molar-refractivity contribution in [1.82, 2.24) is 14.7 Å². The first-order valence-electron chi connectivity index (χ1n) is 10.2. The van der Waals surface area contributed by atoms with Crippen molar-refractivity contribution in [3.63, 3.8) is 0 Å². The fourth-order valence-electron chi connectivity index (χ4n) is 4.70. The van der Waals surface area contributed by atoms with E-state index in [1.165, 1.54) is 18.9 Å². The summed E-state index contributed by atoms with van der Waals surface area (Å²) in [5.74, 6) is -0.946. The molecule has 28 heavy (non-hydrogen) atoms. The molecule has 1 unspecified atom stereocenters. The lowest BCUT2D eigenvalue weighted by Gasteiger charge is -2.35. The molecular formula is C21H29FN4O2. The second-order valence-corrected chi connectivity index (χ2v) is 8.43. The Morgan fingerprint density at radius 2 is 1.93 bits per heavy atom. The molecule has 3 heterocycles. The molecule has 152 valence electrons. The highest BCUT2D eigenvalue weighted by atomic mass is 19.1. The van der Waals surface area contributed by atoms with Gasteiger partial charge in [0.05, 0.1) is 5.56 Å². The van der Waals surface area contributed by atoms with E-state index in [0.29, 0.717) is 24.6 Å². The number of piperidine rings is 1. The quantitative estimate of drug-likeness (QED) is 0.860. The van der Waals surface area contributed by atoms with Gasteiger partial charge in [-0.1, -0.05) is 0 Å². The van der Waals surface area contributed by atoms with Crippen LogP contribution in [-0.2, 0) is 11.2 Å². The van der Waals surface area contributed by atoms with Crippen molar-refractivity contribution >= 4 is 17.5 Å². The molecule has 2 amide bonds. The molecule has 4 rings (SSSR count). The van der Waals surface area contributed by atoms with Crippen LogP contribution in [0.3, 0.4) is 0 Å². The number of amides is 2. The van der Waals surface area contributed by atoms with Crippen LogP contribution in [0.1, 0.15) is 41.6 Å². The summed E-state index contributed by atoms with van der Waals surface area (Å²) in [7, 11) is 3.94. The number of halogens is 1. The number of hydrogen-bond acceptors (Lipinski definition) is 4. The largest absolute Gasteiger partial charge is 0.337 e. The van der Waals surface area contributed by atoms with Crippen LogP contribution in [0.25, 0.3) is 0 Å². The molecule has 3 aliphatic rings. The van der Waals surface area contributed by atoms with E-state index in [1.54, 1.807) is 18.0 Å². The fraction of sp³-hybridized carbons (Fsp3) is 0.619. The number of carbonyl (C=O) groups excluding carboxylic acids is 2. The molecule has 2 fully saturated rings. The predicted molar refractivity (Wildman–Crippen MR) is 106 cm³/mol. The fourth-order valence-corrected chi connectivity index (χ4v) is 4.70. The molecule has 0 radical (unpaired) electrons. The van der Waals surface area contributed by atoms with Crippen molar-refractivity contribution in [1.29, 1.82) is 0 Å². The van der Waals surface area contributed by atoms with Crippen LogP contribution in [0, 0.1) is 5.82 Å². The normalized spacial score (nSPS) is 24.1. The van der Waals surface area contributed by atoms with Gasteiger partial charge in [-0.3, -0.25) is 14.5 Å². The highest BCUT2D eigenvalue weighted by Gasteiger charge is 2.34. The number of nitrogens with one attached hydrogen (secondary N) is 1. The summed E-state index contributed by atoms with van der Waals surface area (Å²) in [6.45, 7) is 4.10. The predicted octanol–water partition coefficient (Wildman–Crippen LogP) is 1.95. The molecular weight excluding hydrogens is 359 g/mol. The maximum Gasteiger partial charge on any atom is 0.256 e. The first-order valence-corrected chi connectivity index (χ1v) is 10.2. The zero-order chi connectivity index (χ0) is 19.8. The van der Waals surface area contributed by atoms with Crippen molar-refractivity contribution in [2.24, 2.45) is 0 Å². The van der Waals surface area contributed by atoms with Gasteiger partial charge in [0.25, 0.3) is 5.91 Å². The van der Waals surface area contributed by atoms with E-state index in [9.17, 15) is 14.0 Å². The number of carbonyl (C=O) groups is 2. The lowest BCUT2D eigenvalue weighted by atomic mass is 9.99. The standard InChI is InChI=1S/C21H29FN4O2/c1-24-8-5-15(6-9-24)26-10-7-16(13-26)25(2)21(28)17-11-14-3-4-20(27)23-19(14)12-18(17)22/h11-12,15-16H,3-10,13H2,1-2H3,(H,23,27). The minimum absolute atomic E-state index is 0.107. The summed E-state index contributed by atoms with van der Waals surface area (Å²) in [6, 6.07) is 3.61. The molecule has 0 aliphatic carbocycles. The topological polar surface area (TPSA) is 55.9 Å². The molecule has 1 atom stereocenters. The van der Waals surface area contributed by atoms with Gasteiger partial charge in [0.2, 0.25) is 5.91 Å². The lowest BCUT2D eigenvalue weighted by Crippen LogP contribution is -2.45. The molecule has 2 saturated heterocycles. The van der Waals surface area contributed by atoms with E-state index >= 15 is 0 Å². The summed E-state index contributed by atoms with van der Waals surface area (Å²) in [5, 5.41) is 2.68. The molecule has 0 bridgehead atoms. The average molecular weight is 388 g/mol. The smallest absolute Gasteiger partial charge is 0.256 e. The Bertz CT molecular complexity index is 776. The lowest BCUT2D eigenvalue weighted by molar-refractivity contribution is -0.116. The Kier molecular flexibility index (Phi) is 5.38. The van der Waals surface area contributed by atoms with E-state index in [-0.39, 0.29) is 23.4 Å². The minimum Gasteiger partial charge on any atom is -0.337 e. The number of fused-ring (bicyclic) bond motifs is 1. The number of nitrogens with zero attached hydrogens (tertiary/aromatic N) is 3. The Labute approximate surface area is 165 Å². The van der Waals surface area contributed by atoms with Crippen LogP contribution < -0.4 is 5.32 Å². The SMILES string of the molecule is CN1CCC(N2CCC(N(C)C(=O)c3cc4c(cc3F)NC(=O)CC4)C2)CC1. The van der Waals surface area contributed by atoms with Gasteiger partial charge in [0.1, 0.15) is 5.82 Å². The van der Waals surface area contributed by atoms with E-state index in [0.717, 1.165) is 38.2 Å². The summed E-state index contributed by atoms with van der Waals surface area (Å²) >= 11 is 0. The van der Waals surface area contributed by atoms with Crippen LogP contribution >= 0.6 is 0 Å². The summed E-state index contributed by atoms with van der Waals surface area (Å²) in [5.41, 5.74) is 1.43. The minimum atomic E-state index is -0.567. The summed E-state index contributed by atoms with van der Waals surface area (Å²) < 4.78 is 14.6. The first kappa shape index (κ1) is 19.3.